The zero-order chi connectivity index (χ0) is 15.3. The van der Waals surface area contributed by atoms with Gasteiger partial charge in [0.2, 0.25) is 5.03 Å². The quantitative estimate of drug-likeness (QED) is 0.892. The first kappa shape index (κ1) is 15.6. The van der Waals surface area contributed by atoms with Crippen LogP contribution >= 0.6 is 0 Å². The Kier molecular flexibility index (Phi) is 5.03. The van der Waals surface area contributed by atoms with Gasteiger partial charge < -0.3 is 0 Å². The molecule has 1 aromatic heterocycles. The predicted octanol–water partition coefficient (Wildman–Crippen LogP) is 3.04. The lowest BCUT2D eigenvalue weighted by Crippen LogP contribution is -2.30. The molecule has 2 aromatic rings. The molecule has 2 rings (SSSR count). The Bertz CT molecular complexity index is 690. The van der Waals surface area contributed by atoms with Crippen molar-refractivity contribution in [3.8, 4) is 0 Å². The van der Waals surface area contributed by atoms with Crippen LogP contribution in [0.2, 0.25) is 0 Å². The van der Waals surface area contributed by atoms with Gasteiger partial charge in [0.25, 0.3) is 10.0 Å². The Hall–Kier alpha value is -1.79. The molecule has 0 saturated heterocycles. The van der Waals surface area contributed by atoms with Gasteiger partial charge in [-0.3, -0.25) is 0 Å². The topological polar surface area (TPSA) is 59.1 Å². The van der Waals surface area contributed by atoms with Gasteiger partial charge >= 0.3 is 0 Å². The van der Waals surface area contributed by atoms with E-state index >= 15 is 0 Å². The van der Waals surface area contributed by atoms with Crippen molar-refractivity contribution < 1.29 is 12.8 Å². The lowest BCUT2D eigenvalue weighted by Gasteiger charge is -2.18. The maximum atomic E-state index is 13.6. The van der Waals surface area contributed by atoms with Gasteiger partial charge in [-0.15, -0.1) is 0 Å². The smallest absolute Gasteiger partial charge is 0.241 e. The van der Waals surface area contributed by atoms with Crippen molar-refractivity contribution in [1.82, 2.24) is 9.71 Å². The zero-order valence-electron chi connectivity index (χ0n) is 11.7. The summed E-state index contributed by atoms with van der Waals surface area (Å²) in [6.45, 7) is 1.96. The number of nitrogens with one attached hydrogen (secondary N) is 1. The molecule has 1 unspecified atom stereocenters. The number of rotatable bonds is 6. The van der Waals surface area contributed by atoms with Gasteiger partial charge in [0, 0.05) is 12.2 Å². The van der Waals surface area contributed by atoms with Gasteiger partial charge in [0.15, 0.2) is 5.82 Å². The average molecular weight is 308 g/mol. The second-order valence-electron chi connectivity index (χ2n) is 4.66. The first-order valence-corrected chi connectivity index (χ1v) is 8.20. The number of hydrogen-bond acceptors (Lipinski definition) is 3. The molecule has 1 aromatic carbocycles. The highest BCUT2D eigenvalue weighted by atomic mass is 32.2. The van der Waals surface area contributed by atoms with Crippen LogP contribution in [0.5, 0.6) is 0 Å². The molecule has 1 atom stereocenters. The van der Waals surface area contributed by atoms with Crippen LogP contribution in [0.3, 0.4) is 0 Å². The van der Waals surface area contributed by atoms with Crippen molar-refractivity contribution >= 4 is 10.0 Å². The van der Waals surface area contributed by atoms with E-state index in [0.29, 0.717) is 6.42 Å². The molecule has 0 radical (unpaired) electrons. The Balaban J connectivity index is 2.30. The van der Waals surface area contributed by atoms with E-state index in [2.05, 4.69) is 9.71 Å². The predicted molar refractivity (Wildman–Crippen MR) is 78.6 cm³/mol. The maximum Gasteiger partial charge on any atom is 0.261 e. The number of sulfonamides is 1. The fourth-order valence-electron chi connectivity index (χ4n) is 2.08. The van der Waals surface area contributed by atoms with E-state index in [4.69, 9.17) is 0 Å². The van der Waals surface area contributed by atoms with E-state index < -0.39 is 26.9 Å². The highest BCUT2D eigenvalue weighted by molar-refractivity contribution is 7.89. The maximum absolute atomic E-state index is 13.6. The minimum absolute atomic E-state index is 0.400. The molecule has 4 nitrogen and oxygen atoms in total. The van der Waals surface area contributed by atoms with Crippen LogP contribution in [0.15, 0.2) is 53.7 Å². The summed E-state index contributed by atoms with van der Waals surface area (Å²) >= 11 is 0. The highest BCUT2D eigenvalue weighted by Crippen LogP contribution is 2.21. The van der Waals surface area contributed by atoms with Crippen LogP contribution in [-0.4, -0.2) is 13.4 Å². The van der Waals surface area contributed by atoms with E-state index in [1.54, 1.807) is 0 Å². The van der Waals surface area contributed by atoms with E-state index in [-0.39, 0.29) is 0 Å². The summed E-state index contributed by atoms with van der Waals surface area (Å²) in [5, 5.41) is -0.568. The summed E-state index contributed by atoms with van der Waals surface area (Å²) in [5.74, 6) is -0.853. The van der Waals surface area contributed by atoms with E-state index in [1.807, 2.05) is 37.3 Å². The Morgan fingerprint density at radius 2 is 1.90 bits per heavy atom. The minimum atomic E-state index is -4.00. The second-order valence-corrected chi connectivity index (χ2v) is 6.29. The molecule has 0 saturated carbocycles. The van der Waals surface area contributed by atoms with Crippen molar-refractivity contribution in [1.29, 1.82) is 0 Å². The molecular formula is C15H17FN2O2S. The summed E-state index contributed by atoms with van der Waals surface area (Å²) in [4.78, 5) is 3.63. The molecular weight excluding hydrogens is 291 g/mol. The summed E-state index contributed by atoms with van der Waals surface area (Å²) in [7, 11) is -4.00. The summed E-state index contributed by atoms with van der Waals surface area (Å²) in [6, 6.07) is 11.3. The molecule has 1 N–H and O–H groups in total. The number of halogens is 1. The van der Waals surface area contributed by atoms with Crippen molar-refractivity contribution in [2.75, 3.05) is 0 Å². The fraction of sp³-hybridized carbons (Fsp3) is 0.267. The van der Waals surface area contributed by atoms with E-state index in [9.17, 15) is 12.8 Å². The van der Waals surface area contributed by atoms with Crippen molar-refractivity contribution in [3.05, 3.63) is 60.0 Å². The summed E-state index contributed by atoms with van der Waals surface area (Å²) in [6.07, 6.45) is 2.68. The molecule has 0 amide bonds. The van der Waals surface area contributed by atoms with Crippen LogP contribution in [-0.2, 0) is 10.0 Å². The van der Waals surface area contributed by atoms with Gasteiger partial charge in [-0.05, 0) is 24.1 Å². The second kappa shape index (κ2) is 6.78. The Morgan fingerprint density at radius 3 is 2.52 bits per heavy atom. The van der Waals surface area contributed by atoms with Crippen LogP contribution in [0.25, 0.3) is 0 Å². The normalized spacial score (nSPS) is 13.0. The fourth-order valence-corrected chi connectivity index (χ4v) is 3.34. The van der Waals surface area contributed by atoms with Crippen LogP contribution < -0.4 is 4.72 Å². The molecule has 0 aliphatic carbocycles. The number of pyridine rings is 1. The number of hydrogen-bond donors (Lipinski definition) is 1. The molecule has 0 fully saturated rings. The standard InChI is InChI=1S/C15H17FN2O2S/c1-2-7-14(12-8-4-3-5-9-12)18-21(19,20)15-13(16)10-6-11-17-15/h3-6,8-11,14,18H,2,7H2,1H3. The van der Waals surface area contributed by atoms with Crippen LogP contribution in [0, 0.1) is 5.82 Å². The lowest BCUT2D eigenvalue weighted by molar-refractivity contribution is 0.517. The van der Waals surface area contributed by atoms with Crippen LogP contribution in [0.4, 0.5) is 4.39 Å². The molecule has 0 aliphatic rings. The highest BCUT2D eigenvalue weighted by Gasteiger charge is 2.24. The third-order valence-corrected chi connectivity index (χ3v) is 4.46. The summed E-state index contributed by atoms with van der Waals surface area (Å²) < 4.78 is 40.8. The molecule has 112 valence electrons. The Labute approximate surface area is 124 Å². The molecule has 0 spiro atoms. The third kappa shape index (κ3) is 3.86. The van der Waals surface area contributed by atoms with Crippen molar-refractivity contribution in [3.63, 3.8) is 0 Å². The monoisotopic (exact) mass is 308 g/mol. The zero-order valence-corrected chi connectivity index (χ0v) is 12.5. The molecule has 0 bridgehead atoms. The van der Waals surface area contributed by atoms with Gasteiger partial charge in [-0.2, -0.15) is 0 Å². The van der Waals surface area contributed by atoms with Gasteiger partial charge in [0.05, 0.1) is 0 Å². The minimum Gasteiger partial charge on any atom is -0.241 e. The average Bonchev–Trinajstić information content (AvgIpc) is 2.48. The van der Waals surface area contributed by atoms with Gasteiger partial charge in [-0.1, -0.05) is 43.7 Å². The Morgan fingerprint density at radius 1 is 1.19 bits per heavy atom. The first-order chi connectivity index (χ1) is 10.0. The largest absolute Gasteiger partial charge is 0.261 e. The SMILES string of the molecule is CCCC(NS(=O)(=O)c1ncccc1F)c1ccccc1. The first-order valence-electron chi connectivity index (χ1n) is 6.72. The van der Waals surface area contributed by atoms with E-state index in [0.717, 1.165) is 18.1 Å². The molecule has 6 heteroatoms. The number of benzene rings is 1. The molecule has 0 aliphatic heterocycles. The van der Waals surface area contributed by atoms with Gasteiger partial charge in [0.1, 0.15) is 0 Å². The third-order valence-electron chi connectivity index (χ3n) is 3.06. The van der Waals surface area contributed by atoms with Crippen LogP contribution in [0.1, 0.15) is 31.4 Å². The van der Waals surface area contributed by atoms with Crippen molar-refractivity contribution in [2.45, 2.75) is 30.8 Å². The lowest BCUT2D eigenvalue weighted by atomic mass is 10.0. The molecule has 21 heavy (non-hydrogen) atoms. The van der Waals surface area contributed by atoms with E-state index in [1.165, 1.54) is 12.3 Å². The number of aromatic nitrogens is 1. The summed E-state index contributed by atoms with van der Waals surface area (Å²) in [5.41, 5.74) is 0.847. The van der Waals surface area contributed by atoms with Crippen molar-refractivity contribution in [2.24, 2.45) is 0 Å². The number of nitrogens with zero attached hydrogens (tertiary/aromatic N) is 1. The molecule has 1 heterocycles. The van der Waals surface area contributed by atoms with Gasteiger partial charge in [-0.25, -0.2) is 22.5 Å².